The fourth-order valence-corrected chi connectivity index (χ4v) is 2.50. The Morgan fingerprint density at radius 2 is 2.00 bits per heavy atom. The number of pyridine rings is 1. The van der Waals surface area contributed by atoms with Gasteiger partial charge in [-0.25, -0.2) is 9.78 Å². The van der Waals surface area contributed by atoms with E-state index in [0.29, 0.717) is 29.5 Å². The van der Waals surface area contributed by atoms with Crippen molar-refractivity contribution in [2.24, 2.45) is 0 Å². The first-order chi connectivity index (χ1) is 11.5. The third-order valence-electron chi connectivity index (χ3n) is 3.75. The van der Waals surface area contributed by atoms with Gasteiger partial charge < -0.3 is 15.2 Å². The molecule has 2 heterocycles. The van der Waals surface area contributed by atoms with Crippen LogP contribution in [0.15, 0.2) is 36.4 Å². The van der Waals surface area contributed by atoms with Gasteiger partial charge in [-0.15, -0.1) is 0 Å². The zero-order valence-electron chi connectivity index (χ0n) is 13.4. The van der Waals surface area contributed by atoms with Gasteiger partial charge in [0.15, 0.2) is 17.7 Å². The van der Waals surface area contributed by atoms with Gasteiger partial charge in [0.2, 0.25) is 0 Å². The fourth-order valence-electron chi connectivity index (χ4n) is 2.50. The summed E-state index contributed by atoms with van der Waals surface area (Å²) in [5.41, 5.74) is 7.03. The number of nitrogens with two attached hydrogens (primary N) is 1. The van der Waals surface area contributed by atoms with Crippen LogP contribution < -0.4 is 15.4 Å². The van der Waals surface area contributed by atoms with E-state index in [9.17, 15) is 9.59 Å². The van der Waals surface area contributed by atoms with Gasteiger partial charge >= 0.3 is 5.97 Å². The number of hydrogen-bond donors (Lipinski definition) is 1. The van der Waals surface area contributed by atoms with Crippen molar-refractivity contribution in [3.63, 3.8) is 0 Å². The van der Waals surface area contributed by atoms with E-state index in [1.54, 1.807) is 43.3 Å². The Balaban J connectivity index is 1.90. The van der Waals surface area contributed by atoms with Gasteiger partial charge in [0.05, 0.1) is 19.2 Å². The lowest BCUT2D eigenvalue weighted by Crippen LogP contribution is -2.44. The molecule has 7 nitrogen and oxygen atoms in total. The summed E-state index contributed by atoms with van der Waals surface area (Å²) in [5, 5.41) is 0. The predicted octanol–water partition coefficient (Wildman–Crippen LogP) is 1.76. The van der Waals surface area contributed by atoms with Crippen molar-refractivity contribution in [2.75, 3.05) is 17.7 Å². The summed E-state index contributed by atoms with van der Waals surface area (Å²) in [6.45, 7) is 1.99. The minimum Gasteiger partial charge on any atom is -0.477 e. The smallest absolute Gasteiger partial charge is 0.337 e. The van der Waals surface area contributed by atoms with Crippen LogP contribution in [0.1, 0.15) is 22.8 Å². The lowest BCUT2D eigenvalue weighted by Gasteiger charge is -2.32. The number of aromatic nitrogens is 1. The topological polar surface area (TPSA) is 94.8 Å². The summed E-state index contributed by atoms with van der Waals surface area (Å²) in [6, 6.07) is 10.2. The van der Waals surface area contributed by atoms with E-state index in [1.165, 1.54) is 12.0 Å². The highest BCUT2D eigenvalue weighted by molar-refractivity contribution is 5.98. The average Bonchev–Trinajstić information content (AvgIpc) is 2.59. The molecule has 1 aliphatic rings. The number of hydrogen-bond acceptors (Lipinski definition) is 6. The number of nitrogen functional groups attached to an aromatic ring is 1. The van der Waals surface area contributed by atoms with Gasteiger partial charge in [0.1, 0.15) is 5.82 Å². The minimum absolute atomic E-state index is 0.197. The van der Waals surface area contributed by atoms with Gasteiger partial charge in [-0.05, 0) is 36.8 Å². The second-order valence-corrected chi connectivity index (χ2v) is 5.43. The first kappa shape index (κ1) is 15.8. The van der Waals surface area contributed by atoms with Gasteiger partial charge in [-0.2, -0.15) is 0 Å². The molecular weight excluding hydrogens is 310 g/mol. The molecule has 2 N–H and O–H groups in total. The van der Waals surface area contributed by atoms with Gasteiger partial charge in [0, 0.05) is 0 Å². The van der Waals surface area contributed by atoms with Crippen LogP contribution in [0.3, 0.4) is 0 Å². The van der Waals surface area contributed by atoms with E-state index in [0.717, 1.165) is 5.56 Å². The van der Waals surface area contributed by atoms with Crippen LogP contribution in [-0.4, -0.2) is 30.1 Å². The standard InChI is InChI=1S/C17H17N3O4/c1-10-16(21)20(15-13(24-10)7-8-14(18)19-15)9-11-3-5-12(6-4-11)17(22)23-2/h3-8,10H,9H2,1-2H3,(H2,18,19). The molecular formula is C17H17N3O4. The van der Waals surface area contributed by atoms with Crippen LogP contribution in [0.5, 0.6) is 5.75 Å². The highest BCUT2D eigenvalue weighted by Gasteiger charge is 2.32. The molecule has 0 saturated heterocycles. The summed E-state index contributed by atoms with van der Waals surface area (Å²) >= 11 is 0. The second-order valence-electron chi connectivity index (χ2n) is 5.43. The number of methoxy groups -OCH3 is 1. The summed E-state index contributed by atoms with van der Waals surface area (Å²) in [6.07, 6.45) is -0.600. The van der Waals surface area contributed by atoms with Crippen LogP contribution in [0, 0.1) is 0 Å². The molecule has 2 aromatic rings. The number of fused-ring (bicyclic) bond motifs is 1. The van der Waals surface area contributed by atoms with E-state index >= 15 is 0 Å². The van der Waals surface area contributed by atoms with Crippen molar-refractivity contribution in [3.8, 4) is 5.75 Å². The largest absolute Gasteiger partial charge is 0.477 e. The molecule has 3 rings (SSSR count). The molecule has 7 heteroatoms. The zero-order chi connectivity index (χ0) is 17.3. The highest BCUT2D eigenvalue weighted by atomic mass is 16.5. The number of esters is 1. The van der Waals surface area contributed by atoms with E-state index < -0.39 is 12.1 Å². The van der Waals surface area contributed by atoms with E-state index in [4.69, 9.17) is 10.5 Å². The molecule has 1 aliphatic heterocycles. The van der Waals surface area contributed by atoms with Crippen molar-refractivity contribution in [1.82, 2.24) is 4.98 Å². The number of carbonyl (C=O) groups excluding carboxylic acids is 2. The number of amides is 1. The lowest BCUT2D eigenvalue weighted by atomic mass is 10.1. The van der Waals surface area contributed by atoms with Crippen LogP contribution in [0.25, 0.3) is 0 Å². The third-order valence-corrected chi connectivity index (χ3v) is 3.75. The summed E-state index contributed by atoms with van der Waals surface area (Å²) in [4.78, 5) is 29.7. The molecule has 1 unspecified atom stereocenters. The summed E-state index contributed by atoms with van der Waals surface area (Å²) < 4.78 is 10.2. The highest BCUT2D eigenvalue weighted by Crippen LogP contribution is 2.33. The molecule has 0 saturated carbocycles. The number of nitrogens with zero attached hydrogens (tertiary/aromatic N) is 2. The third kappa shape index (κ3) is 2.88. The molecule has 0 fully saturated rings. The predicted molar refractivity (Wildman–Crippen MR) is 87.7 cm³/mol. The summed E-state index contributed by atoms with van der Waals surface area (Å²) in [7, 11) is 1.33. The Bertz CT molecular complexity index is 789. The molecule has 1 aromatic heterocycles. The SMILES string of the molecule is COC(=O)c1ccc(CN2C(=O)C(C)Oc3ccc(N)nc32)cc1. The van der Waals surface area contributed by atoms with Gasteiger partial charge in [-0.3, -0.25) is 9.69 Å². The molecule has 0 spiro atoms. The van der Waals surface area contributed by atoms with E-state index in [1.807, 2.05) is 0 Å². The van der Waals surface area contributed by atoms with Crippen molar-refractivity contribution in [2.45, 2.75) is 19.6 Å². The molecule has 124 valence electrons. The Kier molecular flexibility index (Phi) is 4.07. The van der Waals surface area contributed by atoms with E-state index in [2.05, 4.69) is 9.72 Å². The van der Waals surface area contributed by atoms with Crippen LogP contribution >= 0.6 is 0 Å². The lowest BCUT2D eigenvalue weighted by molar-refractivity contribution is -0.125. The number of benzene rings is 1. The molecule has 1 aromatic carbocycles. The maximum absolute atomic E-state index is 12.5. The zero-order valence-corrected chi connectivity index (χ0v) is 13.4. The molecule has 1 atom stereocenters. The molecule has 0 bridgehead atoms. The van der Waals surface area contributed by atoms with Crippen molar-refractivity contribution in [3.05, 3.63) is 47.5 Å². The number of carbonyl (C=O) groups is 2. The average molecular weight is 327 g/mol. The van der Waals surface area contributed by atoms with Crippen molar-refractivity contribution in [1.29, 1.82) is 0 Å². The first-order valence-corrected chi connectivity index (χ1v) is 7.41. The Hall–Kier alpha value is -3.09. The minimum atomic E-state index is -0.600. The number of anilines is 2. The maximum atomic E-state index is 12.5. The monoisotopic (exact) mass is 327 g/mol. The van der Waals surface area contributed by atoms with Crippen LogP contribution in [0.2, 0.25) is 0 Å². The van der Waals surface area contributed by atoms with Crippen LogP contribution in [-0.2, 0) is 16.1 Å². The Morgan fingerprint density at radius 3 is 2.67 bits per heavy atom. The molecule has 0 aliphatic carbocycles. The van der Waals surface area contributed by atoms with Crippen molar-refractivity contribution < 1.29 is 19.1 Å². The Morgan fingerprint density at radius 1 is 1.29 bits per heavy atom. The second kappa shape index (κ2) is 6.19. The molecule has 0 radical (unpaired) electrons. The number of rotatable bonds is 3. The molecule has 24 heavy (non-hydrogen) atoms. The maximum Gasteiger partial charge on any atom is 0.337 e. The van der Waals surface area contributed by atoms with Gasteiger partial charge in [-0.1, -0.05) is 12.1 Å². The normalized spacial score (nSPS) is 16.3. The Labute approximate surface area is 139 Å². The first-order valence-electron chi connectivity index (χ1n) is 7.41. The number of ether oxygens (including phenoxy) is 2. The molecule has 1 amide bonds. The van der Waals surface area contributed by atoms with Crippen LogP contribution in [0.4, 0.5) is 11.6 Å². The fraction of sp³-hybridized carbons (Fsp3) is 0.235. The quantitative estimate of drug-likeness (QED) is 0.863. The summed E-state index contributed by atoms with van der Waals surface area (Å²) in [5.74, 6) is 0.624. The van der Waals surface area contributed by atoms with E-state index in [-0.39, 0.29) is 5.91 Å². The van der Waals surface area contributed by atoms with Gasteiger partial charge in [0.25, 0.3) is 5.91 Å². The van der Waals surface area contributed by atoms with Crippen molar-refractivity contribution >= 4 is 23.5 Å².